The molecule has 18 heavy (non-hydrogen) atoms. The van der Waals surface area contributed by atoms with Crippen molar-refractivity contribution in [3.05, 3.63) is 29.8 Å². The molecule has 1 aliphatic heterocycles. The molecule has 4 nitrogen and oxygen atoms in total. The maximum atomic E-state index is 5.50. The van der Waals surface area contributed by atoms with Crippen molar-refractivity contribution in [1.82, 2.24) is 14.9 Å². The lowest BCUT2D eigenvalue weighted by molar-refractivity contribution is 0.518. The molecule has 2 aromatic rings. The highest BCUT2D eigenvalue weighted by atomic mass is 16.3. The Kier molecular flexibility index (Phi) is 3.19. The molecule has 0 aliphatic carbocycles. The third-order valence-electron chi connectivity index (χ3n) is 3.55. The number of fused-ring (bicyclic) bond motifs is 1. The predicted molar refractivity (Wildman–Crippen MR) is 70.5 cm³/mol. The van der Waals surface area contributed by atoms with E-state index in [9.17, 15) is 0 Å². The summed E-state index contributed by atoms with van der Waals surface area (Å²) in [5.41, 5.74) is 2.64. The van der Waals surface area contributed by atoms with E-state index in [0.29, 0.717) is 0 Å². The van der Waals surface area contributed by atoms with Gasteiger partial charge in [0.1, 0.15) is 0 Å². The molecule has 0 spiro atoms. The van der Waals surface area contributed by atoms with E-state index >= 15 is 0 Å². The van der Waals surface area contributed by atoms with Crippen LogP contribution >= 0.6 is 0 Å². The molecule has 0 atom stereocenters. The lowest BCUT2D eigenvalue weighted by Crippen LogP contribution is -2.15. The van der Waals surface area contributed by atoms with Gasteiger partial charge in [-0.05, 0) is 38.4 Å². The van der Waals surface area contributed by atoms with E-state index in [1.165, 1.54) is 24.2 Å². The smallest absolute Gasteiger partial charge is 0.176 e. The molecule has 0 unspecified atom stereocenters. The molecule has 0 saturated heterocycles. The van der Waals surface area contributed by atoms with E-state index < -0.39 is 0 Å². The van der Waals surface area contributed by atoms with Crippen LogP contribution in [0.2, 0.25) is 0 Å². The minimum atomic E-state index is 0.883. The van der Waals surface area contributed by atoms with Gasteiger partial charge < -0.3 is 14.3 Å². The summed E-state index contributed by atoms with van der Waals surface area (Å²) in [6, 6.07) is 3.92. The Labute approximate surface area is 107 Å². The van der Waals surface area contributed by atoms with Gasteiger partial charge in [-0.2, -0.15) is 0 Å². The molecule has 3 heterocycles. The number of hydrogen-bond donors (Lipinski definition) is 1. The van der Waals surface area contributed by atoms with Crippen molar-refractivity contribution in [2.45, 2.75) is 32.2 Å². The molecule has 2 aromatic heterocycles. The van der Waals surface area contributed by atoms with Crippen LogP contribution in [0.3, 0.4) is 0 Å². The highest BCUT2D eigenvalue weighted by molar-refractivity contribution is 5.50. The van der Waals surface area contributed by atoms with Crippen LogP contribution in [0.4, 0.5) is 0 Å². The summed E-state index contributed by atoms with van der Waals surface area (Å²) in [7, 11) is 1.98. The maximum Gasteiger partial charge on any atom is 0.176 e. The van der Waals surface area contributed by atoms with Crippen molar-refractivity contribution >= 4 is 0 Å². The lowest BCUT2D eigenvalue weighted by Gasteiger charge is -2.16. The summed E-state index contributed by atoms with van der Waals surface area (Å²) >= 11 is 0. The average Bonchev–Trinajstić information content (AvgIpc) is 3.04. The van der Waals surface area contributed by atoms with Gasteiger partial charge in [0.25, 0.3) is 0 Å². The SMILES string of the molecule is CNCCc1nc(-c2ccco2)n2c1CCCC2. The van der Waals surface area contributed by atoms with Crippen molar-refractivity contribution in [3.8, 4) is 11.6 Å². The molecule has 0 saturated carbocycles. The zero-order valence-corrected chi connectivity index (χ0v) is 10.8. The molecular weight excluding hydrogens is 226 g/mol. The Morgan fingerprint density at radius 1 is 1.44 bits per heavy atom. The highest BCUT2D eigenvalue weighted by Gasteiger charge is 2.21. The quantitative estimate of drug-likeness (QED) is 0.898. The molecule has 0 fully saturated rings. The first-order valence-electron chi connectivity index (χ1n) is 6.67. The maximum absolute atomic E-state index is 5.50. The van der Waals surface area contributed by atoms with Crippen molar-refractivity contribution in [2.75, 3.05) is 13.6 Å². The van der Waals surface area contributed by atoms with Crippen molar-refractivity contribution < 1.29 is 4.42 Å². The largest absolute Gasteiger partial charge is 0.461 e. The van der Waals surface area contributed by atoms with Gasteiger partial charge in [0.2, 0.25) is 0 Å². The van der Waals surface area contributed by atoms with E-state index in [2.05, 4.69) is 9.88 Å². The van der Waals surface area contributed by atoms with Gasteiger partial charge in [-0.3, -0.25) is 0 Å². The fourth-order valence-corrected chi connectivity index (χ4v) is 2.66. The monoisotopic (exact) mass is 245 g/mol. The number of nitrogens with one attached hydrogen (secondary N) is 1. The van der Waals surface area contributed by atoms with Crippen LogP contribution in [0, 0.1) is 0 Å². The first kappa shape index (κ1) is 11.5. The van der Waals surface area contributed by atoms with Crippen LogP contribution in [0.25, 0.3) is 11.6 Å². The van der Waals surface area contributed by atoms with Gasteiger partial charge in [-0.15, -0.1) is 0 Å². The molecule has 1 N–H and O–H groups in total. The molecule has 0 bridgehead atoms. The van der Waals surface area contributed by atoms with E-state index in [-0.39, 0.29) is 0 Å². The number of furan rings is 1. The molecule has 4 heteroatoms. The molecule has 0 amide bonds. The number of aromatic nitrogens is 2. The zero-order chi connectivity index (χ0) is 12.4. The molecule has 0 radical (unpaired) electrons. The van der Waals surface area contributed by atoms with Crippen LogP contribution in [0.1, 0.15) is 24.2 Å². The second kappa shape index (κ2) is 4.98. The van der Waals surface area contributed by atoms with Gasteiger partial charge in [-0.1, -0.05) is 0 Å². The highest BCUT2D eigenvalue weighted by Crippen LogP contribution is 2.27. The fraction of sp³-hybridized carbons (Fsp3) is 0.500. The van der Waals surface area contributed by atoms with Gasteiger partial charge in [0, 0.05) is 25.2 Å². The normalized spacial score (nSPS) is 14.7. The molecule has 96 valence electrons. The molecule has 0 aromatic carbocycles. The third kappa shape index (κ3) is 1.97. The Bertz CT molecular complexity index is 513. The first-order valence-corrected chi connectivity index (χ1v) is 6.67. The lowest BCUT2D eigenvalue weighted by atomic mass is 10.1. The van der Waals surface area contributed by atoms with Crippen molar-refractivity contribution in [2.24, 2.45) is 0 Å². The molecular formula is C14H19N3O. The predicted octanol–water partition coefficient (Wildman–Crippen LogP) is 2.24. The number of imidazole rings is 1. The van der Waals surface area contributed by atoms with Crippen molar-refractivity contribution in [3.63, 3.8) is 0 Å². The van der Waals surface area contributed by atoms with Crippen LogP contribution in [0.15, 0.2) is 22.8 Å². The topological polar surface area (TPSA) is 43.0 Å². The zero-order valence-electron chi connectivity index (χ0n) is 10.8. The number of nitrogens with zero attached hydrogens (tertiary/aromatic N) is 2. The second-order valence-corrected chi connectivity index (χ2v) is 4.77. The summed E-state index contributed by atoms with van der Waals surface area (Å²) in [5, 5.41) is 3.19. The summed E-state index contributed by atoms with van der Waals surface area (Å²) in [6.07, 6.45) is 6.37. The average molecular weight is 245 g/mol. The van der Waals surface area contributed by atoms with Crippen LogP contribution in [-0.2, 0) is 19.4 Å². The first-order chi connectivity index (χ1) is 8.90. The minimum absolute atomic E-state index is 0.883. The Hall–Kier alpha value is -1.55. The van der Waals surface area contributed by atoms with E-state index in [1.54, 1.807) is 6.26 Å². The standard InChI is InChI=1S/C14H19N3O/c1-15-8-7-11-12-5-2-3-9-17(12)14(16-11)13-6-4-10-18-13/h4,6,10,15H,2-3,5,7-9H2,1H3. The number of rotatable bonds is 4. The van der Waals surface area contributed by atoms with Crippen LogP contribution < -0.4 is 5.32 Å². The van der Waals surface area contributed by atoms with Crippen LogP contribution in [0.5, 0.6) is 0 Å². The molecule has 3 rings (SSSR count). The summed E-state index contributed by atoms with van der Waals surface area (Å²) in [5.74, 6) is 1.88. The third-order valence-corrected chi connectivity index (χ3v) is 3.55. The summed E-state index contributed by atoms with van der Waals surface area (Å²) in [4.78, 5) is 4.80. The Balaban J connectivity index is 2.01. The summed E-state index contributed by atoms with van der Waals surface area (Å²) in [6.45, 7) is 2.04. The summed E-state index contributed by atoms with van der Waals surface area (Å²) < 4.78 is 7.85. The Morgan fingerprint density at radius 2 is 2.39 bits per heavy atom. The fourth-order valence-electron chi connectivity index (χ4n) is 2.66. The molecule has 1 aliphatic rings. The van der Waals surface area contributed by atoms with Crippen LogP contribution in [-0.4, -0.2) is 23.1 Å². The Morgan fingerprint density at radius 3 is 3.17 bits per heavy atom. The van der Waals surface area contributed by atoms with Crippen molar-refractivity contribution in [1.29, 1.82) is 0 Å². The van der Waals surface area contributed by atoms with Gasteiger partial charge in [-0.25, -0.2) is 4.98 Å². The van der Waals surface area contributed by atoms with Gasteiger partial charge in [0.05, 0.1) is 12.0 Å². The second-order valence-electron chi connectivity index (χ2n) is 4.77. The number of likely N-dealkylation sites (N-methyl/N-ethyl adjacent to an activating group) is 1. The van der Waals surface area contributed by atoms with E-state index in [1.807, 2.05) is 19.2 Å². The van der Waals surface area contributed by atoms with Gasteiger partial charge >= 0.3 is 0 Å². The van der Waals surface area contributed by atoms with E-state index in [4.69, 9.17) is 9.40 Å². The minimum Gasteiger partial charge on any atom is -0.461 e. The number of hydrogen-bond acceptors (Lipinski definition) is 3. The van der Waals surface area contributed by atoms with E-state index in [0.717, 1.165) is 37.5 Å². The van der Waals surface area contributed by atoms with Gasteiger partial charge in [0.15, 0.2) is 11.6 Å².